The Balaban J connectivity index is 1.69. The molecule has 2 atom stereocenters. The fourth-order valence-corrected chi connectivity index (χ4v) is 5.62. The number of ether oxygens (including phenoxy) is 2. The summed E-state index contributed by atoms with van der Waals surface area (Å²) in [5.74, 6) is 1.46. The smallest absolute Gasteiger partial charge is 0.174 e. The number of aryl methyl sites for hydroxylation is 2. The molecule has 3 heterocycles. The Morgan fingerprint density at radius 1 is 0.973 bits per heavy atom. The zero-order chi connectivity index (χ0) is 26.1. The molecule has 0 radical (unpaired) electrons. The van der Waals surface area contributed by atoms with E-state index in [4.69, 9.17) is 26.7 Å². The Morgan fingerprint density at radius 2 is 1.76 bits per heavy atom. The fourth-order valence-electron chi connectivity index (χ4n) is 5.28. The van der Waals surface area contributed by atoms with Gasteiger partial charge in [0.2, 0.25) is 0 Å². The first-order valence-electron chi connectivity index (χ1n) is 12.5. The largest absolute Gasteiger partial charge is 0.497 e. The first-order valence-corrected chi connectivity index (χ1v) is 12.9. The third kappa shape index (κ3) is 4.44. The predicted molar refractivity (Wildman–Crippen MR) is 152 cm³/mol. The average Bonchev–Trinajstić information content (AvgIpc) is 3.43. The van der Waals surface area contributed by atoms with Crippen molar-refractivity contribution in [2.24, 2.45) is 0 Å². The van der Waals surface area contributed by atoms with E-state index in [1.165, 1.54) is 11.1 Å². The van der Waals surface area contributed by atoms with Crippen LogP contribution in [0.5, 0.6) is 11.5 Å². The lowest BCUT2D eigenvalue weighted by molar-refractivity contribution is 0.403. The van der Waals surface area contributed by atoms with Crippen molar-refractivity contribution in [3.05, 3.63) is 101 Å². The first-order chi connectivity index (χ1) is 18.0. The molecule has 1 saturated heterocycles. The van der Waals surface area contributed by atoms with Crippen LogP contribution in [0.25, 0.3) is 5.69 Å². The number of hydrogen-bond donors (Lipinski definition) is 1. The molecule has 0 unspecified atom stereocenters. The molecular formula is C30H32N4O2S. The lowest BCUT2D eigenvalue weighted by Gasteiger charge is -2.29. The van der Waals surface area contributed by atoms with Crippen LogP contribution in [-0.4, -0.2) is 28.9 Å². The summed E-state index contributed by atoms with van der Waals surface area (Å²) in [7, 11) is 3.34. The van der Waals surface area contributed by atoms with Gasteiger partial charge in [-0.3, -0.25) is 4.98 Å². The van der Waals surface area contributed by atoms with Crippen LogP contribution in [0.15, 0.2) is 72.9 Å². The Labute approximate surface area is 223 Å². The van der Waals surface area contributed by atoms with Gasteiger partial charge in [-0.15, -0.1) is 0 Å². The Morgan fingerprint density at radius 3 is 2.41 bits per heavy atom. The van der Waals surface area contributed by atoms with Crippen LogP contribution in [0, 0.1) is 13.8 Å². The first kappa shape index (κ1) is 24.8. The van der Waals surface area contributed by atoms with E-state index in [0.717, 1.165) is 46.4 Å². The van der Waals surface area contributed by atoms with E-state index >= 15 is 0 Å². The molecule has 7 heteroatoms. The predicted octanol–water partition coefficient (Wildman–Crippen LogP) is 6.25. The molecule has 1 N–H and O–H groups in total. The summed E-state index contributed by atoms with van der Waals surface area (Å²) in [6, 6.07) is 22.5. The van der Waals surface area contributed by atoms with Gasteiger partial charge in [-0.1, -0.05) is 25.1 Å². The topological polar surface area (TPSA) is 51.6 Å². The van der Waals surface area contributed by atoms with E-state index < -0.39 is 0 Å². The molecule has 37 heavy (non-hydrogen) atoms. The zero-order valence-electron chi connectivity index (χ0n) is 21.9. The van der Waals surface area contributed by atoms with Crippen LogP contribution in [-0.2, 0) is 6.42 Å². The zero-order valence-corrected chi connectivity index (χ0v) is 22.7. The molecule has 1 aliphatic heterocycles. The molecule has 0 amide bonds. The Bertz CT molecular complexity index is 1420. The van der Waals surface area contributed by atoms with E-state index in [1.807, 2.05) is 42.6 Å². The SMILES string of the molecule is CCc1ccc(-n2c(C)cc([C@@H]3[C@H](c4ccccn4)NC(=S)N3c3cc(OC)ccc3OC)c2C)cc1. The van der Waals surface area contributed by atoms with Crippen LogP contribution in [0.4, 0.5) is 5.69 Å². The molecule has 0 aliphatic carbocycles. The summed E-state index contributed by atoms with van der Waals surface area (Å²) in [4.78, 5) is 6.84. The minimum absolute atomic E-state index is 0.152. The van der Waals surface area contributed by atoms with E-state index in [2.05, 4.69) is 65.9 Å². The summed E-state index contributed by atoms with van der Waals surface area (Å²) in [6.07, 6.45) is 2.84. The van der Waals surface area contributed by atoms with Crippen molar-refractivity contribution in [2.45, 2.75) is 39.3 Å². The van der Waals surface area contributed by atoms with Crippen LogP contribution < -0.4 is 19.7 Å². The molecule has 4 aromatic rings. The van der Waals surface area contributed by atoms with Gasteiger partial charge in [0.05, 0.1) is 37.7 Å². The standard InChI is InChI=1S/C30H32N4O2S/c1-6-21-10-12-22(13-11-21)33-19(2)17-24(20(33)3)29-28(25-9-7-8-16-31-25)32-30(37)34(29)26-18-23(35-4)14-15-27(26)36-5/h7-18,28-29H,6H2,1-5H3,(H,32,37)/t28-,29+/m0/s1. The van der Waals surface area contributed by atoms with Crippen molar-refractivity contribution in [3.8, 4) is 17.2 Å². The second-order valence-electron chi connectivity index (χ2n) is 9.22. The third-order valence-electron chi connectivity index (χ3n) is 7.14. The maximum absolute atomic E-state index is 5.95. The lowest BCUT2D eigenvalue weighted by atomic mass is 9.96. The number of benzene rings is 2. The van der Waals surface area contributed by atoms with Gasteiger partial charge >= 0.3 is 0 Å². The van der Waals surface area contributed by atoms with E-state index in [9.17, 15) is 0 Å². The molecule has 5 rings (SSSR count). The van der Waals surface area contributed by atoms with Gasteiger partial charge in [0.1, 0.15) is 11.5 Å². The molecule has 1 aliphatic rings. The average molecular weight is 513 g/mol. The molecule has 6 nitrogen and oxygen atoms in total. The van der Waals surface area contributed by atoms with Gasteiger partial charge in [0.15, 0.2) is 5.11 Å². The van der Waals surface area contributed by atoms with Crippen molar-refractivity contribution in [2.75, 3.05) is 19.1 Å². The number of aromatic nitrogens is 2. The molecule has 0 spiro atoms. The number of hydrogen-bond acceptors (Lipinski definition) is 4. The summed E-state index contributed by atoms with van der Waals surface area (Å²) < 4.78 is 13.7. The molecular weight excluding hydrogens is 480 g/mol. The number of rotatable bonds is 7. The minimum Gasteiger partial charge on any atom is -0.497 e. The van der Waals surface area contributed by atoms with Crippen LogP contribution >= 0.6 is 12.2 Å². The Hall–Kier alpha value is -3.84. The van der Waals surface area contributed by atoms with E-state index in [1.54, 1.807) is 14.2 Å². The van der Waals surface area contributed by atoms with Crippen LogP contribution in [0.3, 0.4) is 0 Å². The maximum atomic E-state index is 5.95. The Kier molecular flexibility index (Phi) is 6.89. The maximum Gasteiger partial charge on any atom is 0.174 e. The number of pyridine rings is 1. The highest BCUT2D eigenvalue weighted by atomic mass is 32.1. The van der Waals surface area contributed by atoms with Gasteiger partial charge in [0.25, 0.3) is 0 Å². The quantitative estimate of drug-likeness (QED) is 0.296. The number of nitrogens with one attached hydrogen (secondary N) is 1. The van der Waals surface area contributed by atoms with Gasteiger partial charge in [-0.25, -0.2) is 0 Å². The molecule has 2 aromatic heterocycles. The van der Waals surface area contributed by atoms with Crippen LogP contribution in [0.1, 0.15) is 47.2 Å². The highest BCUT2D eigenvalue weighted by Crippen LogP contribution is 2.47. The monoisotopic (exact) mass is 512 g/mol. The van der Waals surface area contributed by atoms with Gasteiger partial charge in [-0.05, 0) is 86.1 Å². The van der Waals surface area contributed by atoms with Gasteiger partial charge in [-0.2, -0.15) is 0 Å². The summed E-state index contributed by atoms with van der Waals surface area (Å²) in [5, 5.41) is 4.17. The van der Waals surface area contributed by atoms with Crippen molar-refractivity contribution >= 4 is 23.0 Å². The van der Waals surface area contributed by atoms with E-state index in [0.29, 0.717) is 5.11 Å². The van der Waals surface area contributed by atoms with Crippen molar-refractivity contribution < 1.29 is 9.47 Å². The molecule has 0 saturated carbocycles. The molecule has 190 valence electrons. The highest BCUT2D eigenvalue weighted by Gasteiger charge is 2.43. The molecule has 1 fully saturated rings. The van der Waals surface area contributed by atoms with Gasteiger partial charge in [0, 0.05) is 29.3 Å². The fraction of sp³-hybridized carbons (Fsp3) is 0.267. The lowest BCUT2D eigenvalue weighted by Crippen LogP contribution is -2.30. The normalized spacial score (nSPS) is 17.1. The number of methoxy groups -OCH3 is 2. The summed E-state index contributed by atoms with van der Waals surface area (Å²) in [6.45, 7) is 6.50. The minimum atomic E-state index is -0.154. The van der Waals surface area contributed by atoms with Crippen LogP contribution in [0.2, 0.25) is 0 Å². The van der Waals surface area contributed by atoms with Gasteiger partial charge < -0.3 is 24.3 Å². The second-order valence-corrected chi connectivity index (χ2v) is 9.60. The summed E-state index contributed by atoms with van der Waals surface area (Å²) in [5.41, 5.74) is 7.73. The second kappa shape index (κ2) is 10.3. The van der Waals surface area contributed by atoms with Crippen molar-refractivity contribution in [3.63, 3.8) is 0 Å². The number of anilines is 1. The molecule has 2 aromatic carbocycles. The highest BCUT2D eigenvalue weighted by molar-refractivity contribution is 7.80. The van der Waals surface area contributed by atoms with Crippen molar-refractivity contribution in [1.82, 2.24) is 14.9 Å². The third-order valence-corrected chi connectivity index (χ3v) is 7.45. The summed E-state index contributed by atoms with van der Waals surface area (Å²) >= 11 is 5.95. The molecule has 0 bridgehead atoms. The number of nitrogens with zero attached hydrogens (tertiary/aromatic N) is 3. The van der Waals surface area contributed by atoms with Crippen molar-refractivity contribution in [1.29, 1.82) is 0 Å². The van der Waals surface area contributed by atoms with E-state index in [-0.39, 0.29) is 12.1 Å². The number of thiocarbonyl (C=S) groups is 1.